The molecule has 3 N–H and O–H groups in total. The zero-order chi connectivity index (χ0) is 12.5. The van der Waals surface area contributed by atoms with Crippen LogP contribution in [0.3, 0.4) is 0 Å². The number of nitrogens with two attached hydrogens (primary N) is 1. The summed E-state index contributed by atoms with van der Waals surface area (Å²) in [5.74, 6) is -0.0235. The second-order valence-electron chi connectivity index (χ2n) is 4.42. The molecule has 3 nitrogen and oxygen atoms in total. The van der Waals surface area contributed by atoms with Crippen molar-refractivity contribution < 1.29 is 4.79 Å². The van der Waals surface area contributed by atoms with Crippen LogP contribution in [0.1, 0.15) is 19.3 Å². The molecule has 0 heterocycles. The fourth-order valence-electron chi connectivity index (χ4n) is 1.96. The molecule has 0 spiro atoms. The van der Waals surface area contributed by atoms with Gasteiger partial charge in [-0.2, -0.15) is 0 Å². The van der Waals surface area contributed by atoms with Crippen LogP contribution < -0.4 is 11.1 Å². The molecule has 1 saturated carbocycles. The summed E-state index contributed by atoms with van der Waals surface area (Å²) in [6.07, 6.45) is 2.78. The van der Waals surface area contributed by atoms with E-state index >= 15 is 0 Å². The molecular formula is C12H14Cl2N2O. The SMILES string of the molecule is NCC1(C(=O)Nc2ccc(Cl)c(Cl)c2)CCC1. The van der Waals surface area contributed by atoms with E-state index in [1.54, 1.807) is 18.2 Å². The van der Waals surface area contributed by atoms with E-state index in [0.29, 0.717) is 22.3 Å². The Morgan fingerprint density at radius 2 is 2.06 bits per heavy atom. The van der Waals surface area contributed by atoms with Gasteiger partial charge in [-0.3, -0.25) is 4.79 Å². The number of amides is 1. The lowest BCUT2D eigenvalue weighted by molar-refractivity contribution is -0.129. The highest BCUT2D eigenvalue weighted by atomic mass is 35.5. The highest BCUT2D eigenvalue weighted by Gasteiger charge is 2.42. The van der Waals surface area contributed by atoms with Crippen LogP contribution in [0.15, 0.2) is 18.2 Å². The summed E-state index contributed by atoms with van der Waals surface area (Å²) in [6.45, 7) is 0.389. The first-order chi connectivity index (χ1) is 8.07. The Kier molecular flexibility index (Phi) is 3.61. The number of anilines is 1. The zero-order valence-corrected chi connectivity index (χ0v) is 10.8. The quantitative estimate of drug-likeness (QED) is 0.889. The zero-order valence-electron chi connectivity index (χ0n) is 9.30. The normalized spacial score (nSPS) is 17.4. The second kappa shape index (κ2) is 4.84. The van der Waals surface area contributed by atoms with Crippen molar-refractivity contribution in [3.05, 3.63) is 28.2 Å². The lowest BCUT2D eigenvalue weighted by atomic mass is 9.68. The molecule has 1 aliphatic rings. The fourth-order valence-corrected chi connectivity index (χ4v) is 2.26. The fraction of sp³-hybridized carbons (Fsp3) is 0.417. The van der Waals surface area contributed by atoms with Crippen LogP contribution in [0.25, 0.3) is 0 Å². The summed E-state index contributed by atoms with van der Waals surface area (Å²) in [4.78, 5) is 12.1. The summed E-state index contributed by atoms with van der Waals surface area (Å²) in [5.41, 5.74) is 5.94. The smallest absolute Gasteiger partial charge is 0.231 e. The molecule has 1 aromatic carbocycles. The van der Waals surface area contributed by atoms with Crippen molar-refractivity contribution in [3.8, 4) is 0 Å². The van der Waals surface area contributed by atoms with Gasteiger partial charge in [-0.1, -0.05) is 29.6 Å². The highest BCUT2D eigenvalue weighted by molar-refractivity contribution is 6.42. The van der Waals surface area contributed by atoms with Gasteiger partial charge >= 0.3 is 0 Å². The molecular weight excluding hydrogens is 259 g/mol. The molecule has 1 aliphatic carbocycles. The van der Waals surface area contributed by atoms with Gasteiger partial charge in [-0.15, -0.1) is 0 Å². The third-order valence-corrected chi connectivity index (χ3v) is 4.10. The summed E-state index contributed by atoms with van der Waals surface area (Å²) >= 11 is 11.7. The van der Waals surface area contributed by atoms with Crippen molar-refractivity contribution in [2.45, 2.75) is 19.3 Å². The minimum atomic E-state index is -0.383. The molecule has 0 atom stereocenters. The van der Waals surface area contributed by atoms with Crippen molar-refractivity contribution in [1.29, 1.82) is 0 Å². The summed E-state index contributed by atoms with van der Waals surface area (Å²) in [7, 11) is 0. The largest absolute Gasteiger partial charge is 0.329 e. The minimum Gasteiger partial charge on any atom is -0.329 e. The maximum absolute atomic E-state index is 12.1. The number of benzene rings is 1. The Labute approximate surface area is 110 Å². The number of nitrogens with one attached hydrogen (secondary N) is 1. The lowest BCUT2D eigenvalue weighted by Crippen LogP contribution is -2.47. The monoisotopic (exact) mass is 272 g/mol. The van der Waals surface area contributed by atoms with Gasteiger partial charge in [-0.05, 0) is 31.0 Å². The molecule has 0 saturated heterocycles. The molecule has 1 aromatic rings. The Morgan fingerprint density at radius 1 is 1.35 bits per heavy atom. The molecule has 5 heteroatoms. The van der Waals surface area contributed by atoms with Crippen LogP contribution in [0.4, 0.5) is 5.69 Å². The predicted molar refractivity (Wildman–Crippen MR) is 70.4 cm³/mol. The Bertz CT molecular complexity index is 439. The number of carbonyl (C=O) groups is 1. The van der Waals surface area contributed by atoms with Crippen LogP contribution in [0.2, 0.25) is 10.0 Å². The molecule has 0 bridgehead atoms. The first-order valence-corrected chi connectivity index (χ1v) is 6.29. The van der Waals surface area contributed by atoms with Gasteiger partial charge < -0.3 is 11.1 Å². The first kappa shape index (κ1) is 12.7. The highest BCUT2D eigenvalue weighted by Crippen LogP contribution is 2.41. The topological polar surface area (TPSA) is 55.1 Å². The molecule has 17 heavy (non-hydrogen) atoms. The number of halogens is 2. The van der Waals surface area contributed by atoms with Crippen LogP contribution in [0, 0.1) is 5.41 Å². The first-order valence-electron chi connectivity index (χ1n) is 5.54. The Balaban J connectivity index is 2.10. The summed E-state index contributed by atoms with van der Waals surface area (Å²) < 4.78 is 0. The molecule has 0 unspecified atom stereocenters. The molecule has 1 fully saturated rings. The number of carbonyl (C=O) groups excluding carboxylic acids is 1. The lowest BCUT2D eigenvalue weighted by Gasteiger charge is -2.39. The van der Waals surface area contributed by atoms with Crippen molar-refractivity contribution in [3.63, 3.8) is 0 Å². The van der Waals surface area contributed by atoms with E-state index in [-0.39, 0.29) is 11.3 Å². The molecule has 0 radical (unpaired) electrons. The molecule has 0 aromatic heterocycles. The van der Waals surface area contributed by atoms with E-state index in [1.165, 1.54) is 0 Å². The predicted octanol–water partition coefficient (Wildman–Crippen LogP) is 3.06. The average Bonchev–Trinajstić information content (AvgIpc) is 2.23. The number of hydrogen-bond acceptors (Lipinski definition) is 2. The van der Waals surface area contributed by atoms with E-state index in [0.717, 1.165) is 19.3 Å². The van der Waals surface area contributed by atoms with Gasteiger partial charge in [0.05, 0.1) is 15.5 Å². The molecule has 2 rings (SSSR count). The third-order valence-electron chi connectivity index (χ3n) is 3.36. The van der Waals surface area contributed by atoms with E-state index in [9.17, 15) is 4.79 Å². The van der Waals surface area contributed by atoms with E-state index in [2.05, 4.69) is 5.32 Å². The van der Waals surface area contributed by atoms with Crippen LogP contribution in [0.5, 0.6) is 0 Å². The summed E-state index contributed by atoms with van der Waals surface area (Å²) in [5, 5.41) is 3.75. The molecule has 0 aliphatic heterocycles. The van der Waals surface area contributed by atoms with Gasteiger partial charge in [0.15, 0.2) is 0 Å². The Hall–Kier alpha value is -0.770. The van der Waals surface area contributed by atoms with Gasteiger partial charge in [0.2, 0.25) is 5.91 Å². The third kappa shape index (κ3) is 2.41. The van der Waals surface area contributed by atoms with E-state index < -0.39 is 0 Å². The number of rotatable bonds is 3. The van der Waals surface area contributed by atoms with Crippen LogP contribution in [-0.2, 0) is 4.79 Å². The van der Waals surface area contributed by atoms with Crippen molar-refractivity contribution >= 4 is 34.8 Å². The van der Waals surface area contributed by atoms with Crippen LogP contribution >= 0.6 is 23.2 Å². The second-order valence-corrected chi connectivity index (χ2v) is 5.24. The van der Waals surface area contributed by atoms with Crippen molar-refractivity contribution in [1.82, 2.24) is 0 Å². The van der Waals surface area contributed by atoms with Gasteiger partial charge in [0.1, 0.15) is 0 Å². The average molecular weight is 273 g/mol. The maximum Gasteiger partial charge on any atom is 0.231 e. The molecule has 92 valence electrons. The van der Waals surface area contributed by atoms with Gasteiger partial charge in [0, 0.05) is 12.2 Å². The van der Waals surface area contributed by atoms with Crippen molar-refractivity contribution in [2.75, 3.05) is 11.9 Å². The maximum atomic E-state index is 12.1. The minimum absolute atomic E-state index is 0.0235. The standard InChI is InChI=1S/C12H14Cl2N2O/c13-9-3-2-8(6-10(9)14)16-11(17)12(7-15)4-1-5-12/h2-3,6H,1,4-5,7,15H2,(H,16,17). The Morgan fingerprint density at radius 3 is 2.53 bits per heavy atom. The van der Waals surface area contributed by atoms with Crippen LogP contribution in [-0.4, -0.2) is 12.5 Å². The van der Waals surface area contributed by atoms with E-state index in [1.807, 2.05) is 0 Å². The van der Waals surface area contributed by atoms with Gasteiger partial charge in [-0.25, -0.2) is 0 Å². The van der Waals surface area contributed by atoms with Gasteiger partial charge in [0.25, 0.3) is 0 Å². The van der Waals surface area contributed by atoms with E-state index in [4.69, 9.17) is 28.9 Å². The summed E-state index contributed by atoms with van der Waals surface area (Å²) in [6, 6.07) is 5.04. The van der Waals surface area contributed by atoms with Crippen molar-refractivity contribution in [2.24, 2.45) is 11.1 Å². The number of hydrogen-bond donors (Lipinski definition) is 2. The molecule has 1 amide bonds.